The molecule has 4 aromatic carbocycles. The molecule has 1 spiro atoms. The van der Waals surface area contributed by atoms with Crippen molar-refractivity contribution in [2.75, 3.05) is 0 Å². The fraction of sp³-hybridized carbons (Fsp3) is 0.0303. The van der Waals surface area contributed by atoms with Crippen molar-refractivity contribution < 1.29 is 43.9 Å². The third-order valence-corrected chi connectivity index (χ3v) is 10.8. The summed E-state index contributed by atoms with van der Waals surface area (Å²) in [4.78, 5) is -0.0807. The molecule has 2 aromatic heterocycles. The molecule has 8 rings (SSSR count). The van der Waals surface area contributed by atoms with Gasteiger partial charge in [-0.15, -0.1) is 22.7 Å². The Balaban J connectivity index is 1.49. The average Bonchev–Trinajstić information content (AvgIpc) is 3.78. The van der Waals surface area contributed by atoms with Crippen LogP contribution in [0.1, 0.15) is 22.3 Å². The van der Waals surface area contributed by atoms with Gasteiger partial charge in [0.1, 0.15) is 0 Å². The standard InChI is InChI=1S/C33H10F10S2/c34-21-19(22(35)26(39)29(42)25(21)38)17-9-15-31(44-17)32-16(10-18(45-32)20-23(36)27(40)30(43)28(41)24(20)37)33(15)13-7-3-1-5-11(13)12-6-2-4-8-14(12)33/h1-10H. The fourth-order valence-corrected chi connectivity index (χ4v) is 9.18. The van der Waals surface area contributed by atoms with Crippen LogP contribution in [0, 0.1) is 58.2 Å². The van der Waals surface area contributed by atoms with E-state index in [4.69, 9.17) is 0 Å². The normalized spacial score (nSPS) is 13.7. The van der Waals surface area contributed by atoms with Gasteiger partial charge in [0.2, 0.25) is 11.6 Å². The maximum Gasteiger partial charge on any atom is 0.200 e. The van der Waals surface area contributed by atoms with E-state index in [-0.39, 0.29) is 19.5 Å². The molecule has 0 unspecified atom stereocenters. The maximum absolute atomic E-state index is 15.0. The number of thiophene rings is 2. The summed E-state index contributed by atoms with van der Waals surface area (Å²) < 4.78 is 145. The van der Waals surface area contributed by atoms with Crippen molar-refractivity contribution in [1.82, 2.24) is 0 Å². The Hall–Kier alpha value is -4.42. The highest BCUT2D eigenvalue weighted by Crippen LogP contribution is 2.67. The Morgan fingerprint density at radius 2 is 0.689 bits per heavy atom. The molecule has 0 saturated heterocycles. The third-order valence-electron chi connectivity index (χ3n) is 8.34. The molecule has 0 radical (unpaired) electrons. The lowest BCUT2D eigenvalue weighted by molar-refractivity contribution is 0.381. The summed E-state index contributed by atoms with van der Waals surface area (Å²) in [5.41, 5.74) is -0.0975. The van der Waals surface area contributed by atoms with Crippen LogP contribution >= 0.6 is 22.7 Å². The number of rotatable bonds is 2. The van der Waals surface area contributed by atoms with E-state index in [2.05, 4.69) is 0 Å². The van der Waals surface area contributed by atoms with Crippen molar-refractivity contribution in [1.29, 1.82) is 0 Å². The molecule has 0 amide bonds. The maximum atomic E-state index is 15.0. The van der Waals surface area contributed by atoms with Gasteiger partial charge >= 0.3 is 0 Å². The van der Waals surface area contributed by atoms with E-state index in [1.165, 1.54) is 12.1 Å². The Kier molecular flexibility index (Phi) is 5.80. The molecule has 0 nitrogen and oxygen atoms in total. The second kappa shape index (κ2) is 9.30. The summed E-state index contributed by atoms with van der Waals surface area (Å²) in [6, 6.07) is 16.8. The van der Waals surface area contributed by atoms with E-state index in [9.17, 15) is 26.3 Å². The van der Waals surface area contributed by atoms with Gasteiger partial charge in [0.15, 0.2) is 46.5 Å². The van der Waals surface area contributed by atoms with Gasteiger partial charge in [0.25, 0.3) is 0 Å². The van der Waals surface area contributed by atoms with E-state index in [1.54, 1.807) is 36.4 Å². The Morgan fingerprint density at radius 3 is 1.04 bits per heavy atom. The van der Waals surface area contributed by atoms with Crippen molar-refractivity contribution in [2.45, 2.75) is 5.41 Å². The van der Waals surface area contributed by atoms with Gasteiger partial charge in [0, 0.05) is 9.75 Å². The molecular weight excluding hydrogens is 650 g/mol. The van der Waals surface area contributed by atoms with E-state index in [0.29, 0.717) is 44.9 Å². The lowest BCUT2D eigenvalue weighted by Gasteiger charge is -2.29. The minimum atomic E-state index is -2.32. The van der Waals surface area contributed by atoms with Crippen LogP contribution < -0.4 is 0 Å². The molecule has 0 N–H and O–H groups in total. The summed E-state index contributed by atoms with van der Waals surface area (Å²) in [6.07, 6.45) is 0. The van der Waals surface area contributed by atoms with Gasteiger partial charge in [-0.3, -0.25) is 0 Å². The molecule has 45 heavy (non-hydrogen) atoms. The molecule has 0 fully saturated rings. The predicted octanol–water partition coefficient (Wildman–Crippen LogP) is 10.9. The first-order chi connectivity index (χ1) is 21.5. The SMILES string of the molecule is Fc1c(F)c(F)c(-c2cc3c(s2)-c2sc(-c4c(F)c(F)c(F)c(F)c4F)cc2C32c3ccccc3-c3ccccc32)c(F)c1F. The Bertz CT molecular complexity index is 2080. The van der Waals surface area contributed by atoms with Gasteiger partial charge in [0.05, 0.1) is 26.3 Å². The molecule has 2 aliphatic carbocycles. The Morgan fingerprint density at radius 1 is 0.378 bits per heavy atom. The zero-order chi connectivity index (χ0) is 31.7. The first kappa shape index (κ1) is 28.1. The highest BCUT2D eigenvalue weighted by Gasteiger charge is 2.54. The van der Waals surface area contributed by atoms with E-state index in [1.807, 2.05) is 12.1 Å². The molecule has 0 saturated carbocycles. The number of hydrogen-bond acceptors (Lipinski definition) is 2. The molecule has 2 heterocycles. The van der Waals surface area contributed by atoms with Crippen molar-refractivity contribution in [3.63, 3.8) is 0 Å². The predicted molar refractivity (Wildman–Crippen MR) is 149 cm³/mol. The van der Waals surface area contributed by atoms with Crippen LogP contribution in [0.4, 0.5) is 43.9 Å². The second-order valence-corrected chi connectivity index (χ2v) is 12.5. The lowest BCUT2D eigenvalue weighted by Crippen LogP contribution is -2.25. The highest BCUT2D eigenvalue weighted by molar-refractivity contribution is 7.25. The van der Waals surface area contributed by atoms with Gasteiger partial charge in [-0.1, -0.05) is 48.5 Å². The van der Waals surface area contributed by atoms with Crippen LogP contribution in [0.3, 0.4) is 0 Å². The van der Waals surface area contributed by atoms with Crippen LogP contribution in [0.25, 0.3) is 41.8 Å². The van der Waals surface area contributed by atoms with Crippen LogP contribution in [0.15, 0.2) is 60.7 Å². The zero-order valence-electron chi connectivity index (χ0n) is 21.9. The monoisotopic (exact) mass is 660 g/mol. The first-order valence-electron chi connectivity index (χ1n) is 13.0. The fourth-order valence-electron chi connectivity index (χ4n) is 6.53. The number of halogens is 10. The van der Waals surface area contributed by atoms with Crippen molar-refractivity contribution in [2.24, 2.45) is 0 Å². The van der Waals surface area contributed by atoms with E-state index < -0.39 is 74.7 Å². The van der Waals surface area contributed by atoms with Crippen molar-refractivity contribution >= 4 is 22.7 Å². The molecule has 0 aliphatic heterocycles. The molecule has 224 valence electrons. The van der Waals surface area contributed by atoms with Crippen molar-refractivity contribution in [3.8, 4) is 41.8 Å². The van der Waals surface area contributed by atoms with Crippen LogP contribution in [-0.2, 0) is 5.41 Å². The van der Waals surface area contributed by atoms with Gasteiger partial charge in [-0.05, 0) is 45.5 Å². The second-order valence-electron chi connectivity index (χ2n) is 10.4. The molecule has 2 aliphatic rings. The topological polar surface area (TPSA) is 0 Å². The summed E-state index contributed by atoms with van der Waals surface area (Å²) in [5.74, 6) is -21.3. The van der Waals surface area contributed by atoms with Crippen molar-refractivity contribution in [3.05, 3.63) is 141 Å². The molecular formula is C33H10F10S2. The van der Waals surface area contributed by atoms with E-state index >= 15 is 17.6 Å². The summed E-state index contributed by atoms with van der Waals surface area (Å²) in [7, 11) is 0. The van der Waals surface area contributed by atoms with Gasteiger partial charge in [-0.25, -0.2) is 43.9 Å². The van der Waals surface area contributed by atoms with Gasteiger partial charge in [-0.2, -0.15) is 0 Å². The van der Waals surface area contributed by atoms with Crippen LogP contribution in [-0.4, -0.2) is 0 Å². The summed E-state index contributed by atoms with van der Waals surface area (Å²) >= 11 is 1.37. The minimum absolute atomic E-state index is 0.274. The molecule has 0 atom stereocenters. The van der Waals surface area contributed by atoms with E-state index in [0.717, 1.165) is 11.1 Å². The zero-order valence-corrected chi connectivity index (χ0v) is 23.5. The summed E-state index contributed by atoms with van der Waals surface area (Å²) in [5, 5.41) is 0. The molecule has 6 aromatic rings. The Labute approximate surface area is 254 Å². The van der Waals surface area contributed by atoms with Crippen LogP contribution in [0.5, 0.6) is 0 Å². The average molecular weight is 661 g/mol. The quantitative estimate of drug-likeness (QED) is 0.0984. The molecule has 0 bridgehead atoms. The van der Waals surface area contributed by atoms with Gasteiger partial charge < -0.3 is 0 Å². The largest absolute Gasteiger partial charge is 0.203 e. The lowest BCUT2D eigenvalue weighted by atomic mass is 9.71. The number of fused-ring (bicyclic) bond motifs is 10. The first-order valence-corrected chi connectivity index (χ1v) is 14.6. The number of hydrogen-bond donors (Lipinski definition) is 0. The smallest absolute Gasteiger partial charge is 0.200 e. The third kappa shape index (κ3) is 3.33. The molecule has 12 heteroatoms. The summed E-state index contributed by atoms with van der Waals surface area (Å²) in [6.45, 7) is 0. The minimum Gasteiger partial charge on any atom is -0.203 e. The van der Waals surface area contributed by atoms with Crippen LogP contribution in [0.2, 0.25) is 0 Å². The number of benzene rings is 4. The highest BCUT2D eigenvalue weighted by atomic mass is 32.1.